The van der Waals surface area contributed by atoms with E-state index in [4.69, 9.17) is 9.98 Å². The molecule has 11 rings (SSSR count). The van der Waals surface area contributed by atoms with Gasteiger partial charge in [0.2, 0.25) is 0 Å². The largest absolute Gasteiger partial charge is 0.309 e. The van der Waals surface area contributed by atoms with Crippen LogP contribution in [0.2, 0.25) is 0 Å². The minimum absolute atomic E-state index is 0.00274. The maximum atomic E-state index is 5.70. The molecular weight excluding hydrogens is 681 g/mol. The Morgan fingerprint density at radius 1 is 0.536 bits per heavy atom. The molecule has 0 saturated heterocycles. The van der Waals surface area contributed by atoms with Crippen molar-refractivity contribution < 1.29 is 0 Å². The summed E-state index contributed by atoms with van der Waals surface area (Å²) in [7, 11) is 0. The van der Waals surface area contributed by atoms with Gasteiger partial charge in [-0.1, -0.05) is 148 Å². The second-order valence-corrected chi connectivity index (χ2v) is 15.7. The van der Waals surface area contributed by atoms with Crippen molar-refractivity contribution in [1.29, 1.82) is 0 Å². The van der Waals surface area contributed by atoms with Gasteiger partial charge in [0.05, 0.1) is 27.8 Å². The highest BCUT2D eigenvalue weighted by Crippen LogP contribution is 2.53. The van der Waals surface area contributed by atoms with Crippen molar-refractivity contribution in [3.63, 3.8) is 0 Å². The minimum atomic E-state index is -0.0936. The first-order valence-corrected chi connectivity index (χ1v) is 19.7. The van der Waals surface area contributed by atoms with Gasteiger partial charge in [0.15, 0.2) is 5.84 Å². The van der Waals surface area contributed by atoms with Crippen LogP contribution >= 0.6 is 0 Å². The first-order chi connectivity index (χ1) is 27.5. The lowest BCUT2D eigenvalue weighted by atomic mass is 9.82. The third-order valence-electron chi connectivity index (χ3n) is 12.2. The van der Waals surface area contributed by atoms with Gasteiger partial charge >= 0.3 is 0 Å². The summed E-state index contributed by atoms with van der Waals surface area (Å²) >= 11 is 0. The monoisotopic (exact) mass is 720 g/mol. The lowest BCUT2D eigenvalue weighted by molar-refractivity contribution is 0.661. The van der Waals surface area contributed by atoms with E-state index in [9.17, 15) is 0 Å². The fourth-order valence-electron chi connectivity index (χ4n) is 9.53. The number of para-hydroxylation sites is 3. The standard InChI is InChI=1S/C52H40N4/c1-4-33-32-43(34-17-6-5-7-18-34)53-50(35-19-16-20-36(31-35)55-44-26-13-9-21-37(44)38-22-10-14-27-45(38)55)54-51(33)56-46-28-15-11-24-40(46)49-47(56)30-29-42-48(49)39-23-8-12-25-41(39)52(42,2)3/h5-33H,4H2,1-3H3. The lowest BCUT2D eigenvalue weighted by Gasteiger charge is -2.21. The van der Waals surface area contributed by atoms with Crippen LogP contribution in [0.25, 0.3) is 66.1 Å². The molecule has 0 radical (unpaired) electrons. The summed E-state index contributed by atoms with van der Waals surface area (Å²) in [5.74, 6) is 1.69. The molecule has 0 amide bonds. The van der Waals surface area contributed by atoms with Crippen molar-refractivity contribution in [2.45, 2.75) is 32.6 Å². The molecule has 268 valence electrons. The predicted molar refractivity (Wildman–Crippen MR) is 235 cm³/mol. The first kappa shape index (κ1) is 32.6. The van der Waals surface area contributed by atoms with Gasteiger partial charge in [-0.15, -0.1) is 0 Å². The first-order valence-electron chi connectivity index (χ1n) is 19.7. The molecule has 0 bridgehead atoms. The molecule has 0 N–H and O–H groups in total. The highest BCUT2D eigenvalue weighted by atomic mass is 15.1. The van der Waals surface area contributed by atoms with Gasteiger partial charge < -0.3 is 4.57 Å². The van der Waals surface area contributed by atoms with Crippen LogP contribution in [-0.2, 0) is 5.41 Å². The molecule has 1 atom stereocenters. The van der Waals surface area contributed by atoms with Gasteiger partial charge in [-0.3, -0.25) is 4.57 Å². The normalized spacial score (nSPS) is 16.1. The molecule has 1 aliphatic heterocycles. The molecule has 4 nitrogen and oxygen atoms in total. The lowest BCUT2D eigenvalue weighted by Crippen LogP contribution is -2.22. The zero-order chi connectivity index (χ0) is 37.5. The van der Waals surface area contributed by atoms with Crippen LogP contribution in [0.15, 0.2) is 180 Å². The second kappa shape index (κ2) is 12.4. The zero-order valence-electron chi connectivity index (χ0n) is 31.7. The van der Waals surface area contributed by atoms with Crippen molar-refractivity contribution in [3.8, 4) is 16.8 Å². The van der Waals surface area contributed by atoms with Crippen molar-refractivity contribution in [1.82, 2.24) is 9.13 Å². The maximum absolute atomic E-state index is 5.70. The summed E-state index contributed by atoms with van der Waals surface area (Å²) in [6, 6.07) is 59.2. The SMILES string of the molecule is CCC1C=C(c2ccccc2)N=C(c2cccc(-n3c4ccccc4c4ccccc43)c2)N=C1n1c2ccccc2c2c3c(ccc21)C(C)(C)c1ccccc1-3. The number of nitrogens with zero attached hydrogens (tertiary/aromatic N) is 4. The smallest absolute Gasteiger partial charge is 0.161 e. The Morgan fingerprint density at radius 2 is 1.16 bits per heavy atom. The summed E-state index contributed by atoms with van der Waals surface area (Å²) in [6.45, 7) is 6.98. The number of benzene rings is 7. The Kier molecular flexibility index (Phi) is 7.21. The molecule has 9 aromatic rings. The number of fused-ring (bicyclic) bond motifs is 10. The maximum Gasteiger partial charge on any atom is 0.161 e. The fraction of sp³-hybridized carbons (Fsp3) is 0.115. The summed E-state index contributed by atoms with van der Waals surface area (Å²) in [5.41, 5.74) is 14.1. The van der Waals surface area contributed by atoms with E-state index in [1.165, 1.54) is 60.3 Å². The highest BCUT2D eigenvalue weighted by molar-refractivity contribution is 6.23. The molecule has 56 heavy (non-hydrogen) atoms. The molecule has 1 aliphatic carbocycles. The van der Waals surface area contributed by atoms with Crippen LogP contribution < -0.4 is 0 Å². The van der Waals surface area contributed by atoms with Crippen LogP contribution in [0, 0.1) is 5.92 Å². The number of aliphatic imine (C=N–C) groups is 2. The summed E-state index contributed by atoms with van der Waals surface area (Å²) in [6.07, 6.45) is 3.21. The van der Waals surface area contributed by atoms with E-state index in [0.29, 0.717) is 5.84 Å². The Labute approximate surface area is 326 Å². The van der Waals surface area contributed by atoms with Crippen LogP contribution in [-0.4, -0.2) is 20.8 Å². The average Bonchev–Trinajstić information content (AvgIpc) is 3.78. The molecule has 2 aromatic heterocycles. The zero-order valence-corrected chi connectivity index (χ0v) is 31.7. The van der Waals surface area contributed by atoms with Crippen LogP contribution in [0.1, 0.15) is 49.4 Å². The molecule has 4 heteroatoms. The van der Waals surface area contributed by atoms with Gasteiger partial charge in [0.1, 0.15) is 5.84 Å². The van der Waals surface area contributed by atoms with Gasteiger partial charge in [0, 0.05) is 44.1 Å². The summed E-state index contributed by atoms with van der Waals surface area (Å²) in [5, 5.41) is 5.01. The Hall–Kier alpha value is -6.78. The van der Waals surface area contributed by atoms with Crippen LogP contribution in [0.5, 0.6) is 0 Å². The molecule has 1 unspecified atom stereocenters. The topological polar surface area (TPSA) is 34.6 Å². The van der Waals surface area contributed by atoms with Gasteiger partial charge in [-0.05, 0) is 76.7 Å². The number of hydrogen-bond acceptors (Lipinski definition) is 2. The molecule has 0 spiro atoms. The second-order valence-electron chi connectivity index (χ2n) is 15.7. The van der Waals surface area contributed by atoms with E-state index in [0.717, 1.165) is 40.3 Å². The van der Waals surface area contributed by atoms with Crippen LogP contribution in [0.4, 0.5) is 0 Å². The Balaban J connectivity index is 1.18. The average molecular weight is 721 g/mol. The molecular formula is C52H40N4. The van der Waals surface area contributed by atoms with Crippen molar-refractivity contribution in [3.05, 3.63) is 192 Å². The number of amidine groups is 1. The molecule has 7 aromatic carbocycles. The summed E-state index contributed by atoms with van der Waals surface area (Å²) in [4.78, 5) is 11.2. The van der Waals surface area contributed by atoms with E-state index in [2.05, 4.69) is 200 Å². The van der Waals surface area contributed by atoms with E-state index < -0.39 is 0 Å². The minimum Gasteiger partial charge on any atom is -0.309 e. The van der Waals surface area contributed by atoms with E-state index in [1.54, 1.807) is 0 Å². The third kappa shape index (κ3) is 4.72. The van der Waals surface area contributed by atoms with Crippen molar-refractivity contribution in [2.75, 3.05) is 0 Å². The fourth-order valence-corrected chi connectivity index (χ4v) is 9.53. The number of aromatic nitrogens is 2. The van der Waals surface area contributed by atoms with E-state index >= 15 is 0 Å². The molecule has 3 heterocycles. The van der Waals surface area contributed by atoms with E-state index in [1.807, 2.05) is 0 Å². The van der Waals surface area contributed by atoms with Gasteiger partial charge in [-0.25, -0.2) is 9.98 Å². The molecule has 0 fully saturated rings. The summed E-state index contributed by atoms with van der Waals surface area (Å²) < 4.78 is 4.80. The number of rotatable bonds is 4. The van der Waals surface area contributed by atoms with Crippen LogP contribution in [0.3, 0.4) is 0 Å². The van der Waals surface area contributed by atoms with E-state index in [-0.39, 0.29) is 11.3 Å². The van der Waals surface area contributed by atoms with Gasteiger partial charge in [0.25, 0.3) is 0 Å². The predicted octanol–water partition coefficient (Wildman–Crippen LogP) is 13.0. The van der Waals surface area contributed by atoms with Crippen molar-refractivity contribution >= 4 is 61.0 Å². The highest BCUT2D eigenvalue weighted by Gasteiger charge is 2.37. The third-order valence-corrected chi connectivity index (χ3v) is 12.2. The molecule has 0 saturated carbocycles. The van der Waals surface area contributed by atoms with Crippen molar-refractivity contribution in [2.24, 2.45) is 15.9 Å². The van der Waals surface area contributed by atoms with Gasteiger partial charge in [-0.2, -0.15) is 0 Å². The Bertz CT molecular complexity index is 3100. The number of allylic oxidation sites excluding steroid dienone is 1. The Morgan fingerprint density at radius 3 is 1.89 bits per heavy atom. The molecule has 2 aliphatic rings. The quantitative estimate of drug-likeness (QED) is 0.173. The number of hydrogen-bond donors (Lipinski definition) is 0.